The van der Waals surface area contributed by atoms with Crippen molar-refractivity contribution in [2.24, 2.45) is 5.92 Å². The van der Waals surface area contributed by atoms with E-state index in [1.807, 2.05) is 42.5 Å². The van der Waals surface area contributed by atoms with Crippen LogP contribution in [0.4, 0.5) is 8.78 Å². The van der Waals surface area contributed by atoms with Crippen LogP contribution in [0.25, 0.3) is 10.8 Å². The highest BCUT2D eigenvalue weighted by Crippen LogP contribution is 2.24. The SMILES string of the molecule is O=C(c1ccc(F)cc1F)N1CCC(C(=O)N2CCN(C(=O)c3cccc4ccccc34)CC2)CC1. The van der Waals surface area contributed by atoms with Gasteiger partial charge in [0.05, 0.1) is 5.56 Å². The van der Waals surface area contributed by atoms with Crippen molar-refractivity contribution in [2.45, 2.75) is 12.8 Å². The monoisotopic (exact) mass is 491 g/mol. The van der Waals surface area contributed by atoms with Crippen LogP contribution in [0.3, 0.4) is 0 Å². The molecular formula is C28H27F2N3O3. The molecule has 0 unspecified atom stereocenters. The summed E-state index contributed by atoms with van der Waals surface area (Å²) in [7, 11) is 0. The number of carbonyl (C=O) groups excluding carboxylic acids is 3. The Labute approximate surface area is 208 Å². The highest BCUT2D eigenvalue weighted by Gasteiger charge is 2.33. The number of piperidine rings is 1. The first-order valence-corrected chi connectivity index (χ1v) is 12.2. The molecule has 3 amide bonds. The van der Waals surface area contributed by atoms with Crippen LogP contribution in [0, 0.1) is 17.6 Å². The Balaban J connectivity index is 1.15. The lowest BCUT2D eigenvalue weighted by molar-refractivity contribution is -0.138. The van der Waals surface area contributed by atoms with E-state index < -0.39 is 17.5 Å². The van der Waals surface area contributed by atoms with E-state index in [4.69, 9.17) is 0 Å². The highest BCUT2D eigenvalue weighted by atomic mass is 19.1. The van der Waals surface area contributed by atoms with Crippen LogP contribution >= 0.6 is 0 Å². The Kier molecular flexibility index (Phi) is 6.67. The van der Waals surface area contributed by atoms with Gasteiger partial charge < -0.3 is 14.7 Å². The van der Waals surface area contributed by atoms with Crippen molar-refractivity contribution < 1.29 is 23.2 Å². The van der Waals surface area contributed by atoms with Crippen molar-refractivity contribution in [1.29, 1.82) is 0 Å². The molecule has 0 spiro atoms. The third-order valence-electron chi connectivity index (χ3n) is 7.19. The van der Waals surface area contributed by atoms with Crippen molar-refractivity contribution in [3.8, 4) is 0 Å². The fourth-order valence-corrected chi connectivity index (χ4v) is 5.13. The minimum absolute atomic E-state index is 0.0289. The maximum Gasteiger partial charge on any atom is 0.256 e. The second kappa shape index (κ2) is 10.0. The molecule has 2 saturated heterocycles. The number of carbonyl (C=O) groups is 3. The fourth-order valence-electron chi connectivity index (χ4n) is 5.13. The Hall–Kier alpha value is -3.81. The smallest absolute Gasteiger partial charge is 0.256 e. The Bertz CT molecular complexity index is 1310. The molecule has 0 saturated carbocycles. The predicted molar refractivity (Wildman–Crippen MR) is 131 cm³/mol. The normalized spacial score (nSPS) is 16.9. The van der Waals surface area contributed by atoms with Gasteiger partial charge in [-0.1, -0.05) is 36.4 Å². The molecule has 0 aromatic heterocycles. The zero-order valence-corrected chi connectivity index (χ0v) is 19.8. The topological polar surface area (TPSA) is 60.9 Å². The number of likely N-dealkylation sites (tertiary alicyclic amines) is 1. The Morgan fingerprint density at radius 1 is 0.667 bits per heavy atom. The van der Waals surface area contributed by atoms with E-state index in [1.54, 1.807) is 9.80 Å². The zero-order chi connectivity index (χ0) is 25.2. The van der Waals surface area contributed by atoms with Gasteiger partial charge >= 0.3 is 0 Å². The van der Waals surface area contributed by atoms with Gasteiger partial charge in [0.15, 0.2) is 0 Å². The van der Waals surface area contributed by atoms with Crippen molar-refractivity contribution >= 4 is 28.5 Å². The number of benzene rings is 3. The molecule has 36 heavy (non-hydrogen) atoms. The summed E-state index contributed by atoms with van der Waals surface area (Å²) in [6, 6.07) is 16.4. The lowest BCUT2D eigenvalue weighted by Crippen LogP contribution is -2.53. The maximum atomic E-state index is 14.0. The highest BCUT2D eigenvalue weighted by molar-refractivity contribution is 6.07. The average molecular weight is 492 g/mol. The van der Waals surface area contributed by atoms with Gasteiger partial charge in [0, 0.05) is 56.8 Å². The van der Waals surface area contributed by atoms with E-state index in [2.05, 4.69) is 0 Å². The molecule has 3 aromatic carbocycles. The number of hydrogen-bond acceptors (Lipinski definition) is 3. The van der Waals surface area contributed by atoms with Crippen LogP contribution in [0.1, 0.15) is 33.6 Å². The van der Waals surface area contributed by atoms with E-state index in [0.717, 1.165) is 22.9 Å². The summed E-state index contributed by atoms with van der Waals surface area (Å²) in [5.74, 6) is -2.31. The summed E-state index contributed by atoms with van der Waals surface area (Å²) in [6.45, 7) is 2.55. The molecular weight excluding hydrogens is 464 g/mol. The second-order valence-electron chi connectivity index (χ2n) is 9.33. The average Bonchev–Trinajstić information content (AvgIpc) is 2.92. The maximum absolute atomic E-state index is 14.0. The molecule has 8 heteroatoms. The fraction of sp³-hybridized carbons (Fsp3) is 0.321. The summed E-state index contributed by atoms with van der Waals surface area (Å²) in [5.41, 5.74) is 0.510. The van der Waals surface area contributed by atoms with Crippen LogP contribution in [-0.4, -0.2) is 71.7 Å². The predicted octanol–water partition coefficient (Wildman–Crippen LogP) is 3.95. The Morgan fingerprint density at radius 2 is 1.28 bits per heavy atom. The summed E-state index contributed by atoms with van der Waals surface area (Å²) in [5, 5.41) is 1.94. The van der Waals surface area contributed by atoms with Crippen LogP contribution in [0.2, 0.25) is 0 Å². The molecule has 2 aliphatic rings. The van der Waals surface area contributed by atoms with Crippen LogP contribution in [-0.2, 0) is 4.79 Å². The zero-order valence-electron chi connectivity index (χ0n) is 19.8. The molecule has 5 rings (SSSR count). The summed E-state index contributed by atoms with van der Waals surface area (Å²) < 4.78 is 27.2. The lowest BCUT2D eigenvalue weighted by Gasteiger charge is -2.38. The molecule has 2 fully saturated rings. The number of hydrogen-bond donors (Lipinski definition) is 0. The van der Waals surface area contributed by atoms with E-state index in [1.165, 1.54) is 4.90 Å². The molecule has 0 bridgehead atoms. The first-order chi connectivity index (χ1) is 17.4. The van der Waals surface area contributed by atoms with Crippen molar-refractivity contribution in [3.05, 3.63) is 83.4 Å². The second-order valence-corrected chi connectivity index (χ2v) is 9.33. The quantitative estimate of drug-likeness (QED) is 0.558. The van der Waals surface area contributed by atoms with E-state index in [9.17, 15) is 23.2 Å². The summed E-state index contributed by atoms with van der Waals surface area (Å²) in [6.07, 6.45) is 0.977. The van der Waals surface area contributed by atoms with Gasteiger partial charge in [0.25, 0.3) is 11.8 Å². The third-order valence-corrected chi connectivity index (χ3v) is 7.19. The van der Waals surface area contributed by atoms with Gasteiger partial charge in [-0.3, -0.25) is 14.4 Å². The van der Waals surface area contributed by atoms with Gasteiger partial charge in [-0.15, -0.1) is 0 Å². The molecule has 0 radical (unpaired) electrons. The third kappa shape index (κ3) is 4.67. The molecule has 0 atom stereocenters. The first kappa shape index (κ1) is 23.9. The van der Waals surface area contributed by atoms with Crippen LogP contribution < -0.4 is 0 Å². The number of amides is 3. The van der Waals surface area contributed by atoms with Crippen molar-refractivity contribution in [3.63, 3.8) is 0 Å². The number of piperazine rings is 1. The number of rotatable bonds is 3. The van der Waals surface area contributed by atoms with Gasteiger partial charge in [-0.05, 0) is 41.8 Å². The molecule has 186 valence electrons. The van der Waals surface area contributed by atoms with Crippen LogP contribution in [0.15, 0.2) is 60.7 Å². The van der Waals surface area contributed by atoms with Gasteiger partial charge in [0.2, 0.25) is 5.91 Å². The van der Waals surface area contributed by atoms with Gasteiger partial charge in [0.1, 0.15) is 11.6 Å². The molecule has 3 aromatic rings. The number of nitrogens with zero attached hydrogens (tertiary/aromatic N) is 3. The van der Waals surface area contributed by atoms with Gasteiger partial charge in [-0.2, -0.15) is 0 Å². The van der Waals surface area contributed by atoms with E-state index in [0.29, 0.717) is 63.7 Å². The van der Waals surface area contributed by atoms with Crippen molar-refractivity contribution in [1.82, 2.24) is 14.7 Å². The summed E-state index contributed by atoms with van der Waals surface area (Å²) >= 11 is 0. The Morgan fingerprint density at radius 3 is 2.00 bits per heavy atom. The van der Waals surface area contributed by atoms with Crippen molar-refractivity contribution in [2.75, 3.05) is 39.3 Å². The summed E-state index contributed by atoms with van der Waals surface area (Å²) in [4.78, 5) is 44.1. The minimum Gasteiger partial charge on any atom is -0.339 e. The number of fused-ring (bicyclic) bond motifs is 1. The van der Waals surface area contributed by atoms with E-state index >= 15 is 0 Å². The molecule has 2 aliphatic heterocycles. The molecule has 6 nitrogen and oxygen atoms in total. The van der Waals surface area contributed by atoms with Gasteiger partial charge in [-0.25, -0.2) is 8.78 Å². The number of halogens is 2. The molecule has 0 aliphatic carbocycles. The van der Waals surface area contributed by atoms with E-state index in [-0.39, 0.29) is 23.3 Å². The first-order valence-electron chi connectivity index (χ1n) is 12.2. The standard InChI is InChI=1S/C28H27F2N3O3/c29-21-8-9-24(25(30)18-21)28(36)31-12-10-20(11-13-31)26(34)32-14-16-33(17-15-32)27(35)23-7-3-5-19-4-1-2-6-22(19)23/h1-9,18,20H,10-17H2. The largest absolute Gasteiger partial charge is 0.339 e. The lowest BCUT2D eigenvalue weighted by atomic mass is 9.94. The molecule has 0 N–H and O–H groups in total. The minimum atomic E-state index is -0.880. The molecule has 2 heterocycles. The van der Waals surface area contributed by atoms with Crippen LogP contribution in [0.5, 0.6) is 0 Å².